The Labute approximate surface area is 103 Å². The summed E-state index contributed by atoms with van der Waals surface area (Å²) in [5.74, 6) is 0.173. The van der Waals surface area contributed by atoms with Gasteiger partial charge in [-0.15, -0.1) is 0 Å². The lowest BCUT2D eigenvalue weighted by Gasteiger charge is -2.09. The summed E-state index contributed by atoms with van der Waals surface area (Å²) in [5.41, 5.74) is 6.85. The van der Waals surface area contributed by atoms with Crippen molar-refractivity contribution in [2.24, 2.45) is 11.7 Å². The van der Waals surface area contributed by atoms with E-state index in [9.17, 15) is 0 Å². The van der Waals surface area contributed by atoms with Crippen LogP contribution >= 0.6 is 12.2 Å². The number of ether oxygens (including phenoxy) is 1. The van der Waals surface area contributed by atoms with Crippen molar-refractivity contribution < 1.29 is 4.74 Å². The number of hydrogen-bond acceptors (Lipinski definition) is 2. The topological polar surface area (TPSA) is 35.2 Å². The van der Waals surface area contributed by atoms with E-state index in [0.29, 0.717) is 11.6 Å². The summed E-state index contributed by atoms with van der Waals surface area (Å²) in [4.78, 5) is 0.531. The number of rotatable bonds is 7. The molecule has 0 saturated carbocycles. The lowest BCUT2D eigenvalue weighted by atomic mass is 10.1. The van der Waals surface area contributed by atoms with Crippen LogP contribution in [0.5, 0.6) is 0 Å². The van der Waals surface area contributed by atoms with Gasteiger partial charge in [0.1, 0.15) is 0 Å². The second-order valence-corrected chi connectivity index (χ2v) is 4.44. The van der Waals surface area contributed by atoms with E-state index in [1.165, 1.54) is 5.56 Å². The predicted octanol–water partition coefficient (Wildman–Crippen LogP) is 2.56. The first-order chi connectivity index (χ1) is 7.70. The summed E-state index contributed by atoms with van der Waals surface area (Å²) in [6.07, 6.45) is 2.09. The van der Waals surface area contributed by atoms with Gasteiger partial charge in [0, 0.05) is 12.5 Å². The van der Waals surface area contributed by atoms with Crippen LogP contribution in [0.1, 0.15) is 18.9 Å². The number of thiocarbonyl (C=S) groups is 1. The molecule has 0 radical (unpaired) electrons. The van der Waals surface area contributed by atoms with Gasteiger partial charge in [0.25, 0.3) is 0 Å². The molecule has 0 fully saturated rings. The van der Waals surface area contributed by atoms with Crippen molar-refractivity contribution in [1.82, 2.24) is 0 Å². The fourth-order valence-electron chi connectivity index (χ4n) is 1.37. The Bertz CT molecular complexity index is 313. The molecule has 88 valence electrons. The second kappa shape index (κ2) is 7.36. The van der Waals surface area contributed by atoms with Crippen LogP contribution in [0.15, 0.2) is 30.3 Å². The van der Waals surface area contributed by atoms with Crippen LogP contribution in [0.25, 0.3) is 0 Å². The molecular formula is C13H19NOS. The van der Waals surface area contributed by atoms with E-state index in [0.717, 1.165) is 19.4 Å². The third-order valence-electron chi connectivity index (χ3n) is 2.45. The van der Waals surface area contributed by atoms with Crippen LogP contribution in [-0.2, 0) is 11.2 Å². The highest BCUT2D eigenvalue weighted by molar-refractivity contribution is 7.80. The summed E-state index contributed by atoms with van der Waals surface area (Å²) >= 11 is 4.87. The van der Waals surface area contributed by atoms with Crippen LogP contribution in [0.2, 0.25) is 0 Å². The van der Waals surface area contributed by atoms with Crippen molar-refractivity contribution in [3.05, 3.63) is 35.9 Å². The van der Waals surface area contributed by atoms with Crippen molar-refractivity contribution in [2.75, 3.05) is 13.2 Å². The van der Waals surface area contributed by atoms with Gasteiger partial charge in [0.05, 0.1) is 11.6 Å². The minimum atomic E-state index is 0.173. The fraction of sp³-hybridized carbons (Fsp3) is 0.462. The van der Waals surface area contributed by atoms with Gasteiger partial charge >= 0.3 is 0 Å². The maximum Gasteiger partial charge on any atom is 0.0779 e. The van der Waals surface area contributed by atoms with Gasteiger partial charge < -0.3 is 10.5 Å². The maximum absolute atomic E-state index is 5.51. The van der Waals surface area contributed by atoms with Gasteiger partial charge in [-0.1, -0.05) is 49.5 Å². The predicted molar refractivity (Wildman–Crippen MR) is 71.5 cm³/mol. The number of aryl methyl sites for hydroxylation is 1. The molecule has 1 atom stereocenters. The van der Waals surface area contributed by atoms with E-state index < -0.39 is 0 Å². The molecule has 1 unspecified atom stereocenters. The minimum absolute atomic E-state index is 0.173. The smallest absolute Gasteiger partial charge is 0.0779 e. The van der Waals surface area contributed by atoms with Crippen molar-refractivity contribution in [1.29, 1.82) is 0 Å². The second-order valence-electron chi connectivity index (χ2n) is 3.97. The molecule has 0 amide bonds. The monoisotopic (exact) mass is 237 g/mol. The fourth-order valence-corrected chi connectivity index (χ4v) is 1.43. The highest BCUT2D eigenvalue weighted by atomic mass is 32.1. The Kier molecular flexibility index (Phi) is 6.04. The van der Waals surface area contributed by atoms with E-state index in [4.69, 9.17) is 22.7 Å². The number of benzene rings is 1. The maximum atomic E-state index is 5.51. The molecule has 16 heavy (non-hydrogen) atoms. The molecule has 0 heterocycles. The molecule has 0 aliphatic rings. The Morgan fingerprint density at radius 1 is 1.38 bits per heavy atom. The summed E-state index contributed by atoms with van der Waals surface area (Å²) in [7, 11) is 0. The zero-order valence-electron chi connectivity index (χ0n) is 9.69. The molecule has 0 aliphatic heterocycles. The number of hydrogen-bond donors (Lipinski definition) is 1. The van der Waals surface area contributed by atoms with Gasteiger partial charge in [-0.25, -0.2) is 0 Å². The van der Waals surface area contributed by atoms with Gasteiger partial charge in [0.2, 0.25) is 0 Å². The minimum Gasteiger partial charge on any atom is -0.393 e. The zero-order chi connectivity index (χ0) is 11.8. The molecule has 2 nitrogen and oxygen atoms in total. The Morgan fingerprint density at radius 3 is 2.69 bits per heavy atom. The first-order valence-electron chi connectivity index (χ1n) is 5.61. The molecule has 3 heteroatoms. The summed E-state index contributed by atoms with van der Waals surface area (Å²) in [6, 6.07) is 10.4. The molecule has 1 aromatic rings. The van der Waals surface area contributed by atoms with E-state index >= 15 is 0 Å². The lowest BCUT2D eigenvalue weighted by molar-refractivity contribution is 0.119. The van der Waals surface area contributed by atoms with E-state index in [2.05, 4.69) is 24.3 Å². The van der Waals surface area contributed by atoms with Crippen molar-refractivity contribution in [2.45, 2.75) is 19.8 Å². The van der Waals surface area contributed by atoms with Crippen LogP contribution in [0.4, 0.5) is 0 Å². The molecular weight excluding hydrogens is 218 g/mol. The summed E-state index contributed by atoms with van der Waals surface area (Å²) < 4.78 is 5.51. The molecule has 0 aliphatic carbocycles. The van der Waals surface area contributed by atoms with Gasteiger partial charge in [-0.2, -0.15) is 0 Å². The SMILES string of the molecule is CC(COCCCc1ccccc1)C(N)=S. The molecule has 1 aromatic carbocycles. The highest BCUT2D eigenvalue weighted by Gasteiger charge is 2.04. The summed E-state index contributed by atoms with van der Waals surface area (Å²) in [5, 5.41) is 0. The molecule has 2 N–H and O–H groups in total. The number of nitrogens with two attached hydrogens (primary N) is 1. The quantitative estimate of drug-likeness (QED) is 0.585. The van der Waals surface area contributed by atoms with Crippen LogP contribution in [-0.4, -0.2) is 18.2 Å². The van der Waals surface area contributed by atoms with Crippen molar-refractivity contribution >= 4 is 17.2 Å². The first-order valence-corrected chi connectivity index (χ1v) is 6.02. The zero-order valence-corrected chi connectivity index (χ0v) is 10.5. The largest absolute Gasteiger partial charge is 0.393 e. The third kappa shape index (κ3) is 5.24. The van der Waals surface area contributed by atoms with E-state index in [1.807, 2.05) is 13.0 Å². The van der Waals surface area contributed by atoms with E-state index in [-0.39, 0.29) is 5.92 Å². The molecule has 1 rings (SSSR count). The summed E-state index contributed by atoms with van der Waals surface area (Å²) in [6.45, 7) is 3.38. The third-order valence-corrected chi connectivity index (χ3v) is 2.85. The molecule has 0 saturated heterocycles. The van der Waals surface area contributed by atoms with Crippen molar-refractivity contribution in [3.8, 4) is 0 Å². The average molecular weight is 237 g/mol. The van der Waals surface area contributed by atoms with Gasteiger partial charge in [-0.3, -0.25) is 0 Å². The van der Waals surface area contributed by atoms with Crippen LogP contribution in [0.3, 0.4) is 0 Å². The van der Waals surface area contributed by atoms with Crippen LogP contribution < -0.4 is 5.73 Å². The molecule has 0 bridgehead atoms. The molecule has 0 aromatic heterocycles. The first kappa shape index (κ1) is 13.1. The van der Waals surface area contributed by atoms with Gasteiger partial charge in [0.15, 0.2) is 0 Å². The average Bonchev–Trinajstić information content (AvgIpc) is 2.29. The van der Waals surface area contributed by atoms with Crippen LogP contribution in [0, 0.1) is 5.92 Å². The van der Waals surface area contributed by atoms with Gasteiger partial charge in [-0.05, 0) is 18.4 Å². The standard InChI is InChI=1S/C13H19NOS/c1-11(13(14)16)10-15-9-5-8-12-6-3-2-4-7-12/h2-4,6-7,11H,5,8-10H2,1H3,(H2,14,16). The normalized spacial score (nSPS) is 12.3. The Balaban J connectivity index is 2.07. The lowest BCUT2D eigenvalue weighted by Crippen LogP contribution is -2.22. The Morgan fingerprint density at radius 2 is 2.06 bits per heavy atom. The highest BCUT2D eigenvalue weighted by Crippen LogP contribution is 2.03. The molecule has 0 spiro atoms. The van der Waals surface area contributed by atoms with E-state index in [1.54, 1.807) is 0 Å². The van der Waals surface area contributed by atoms with Crippen molar-refractivity contribution in [3.63, 3.8) is 0 Å². The Hall–Kier alpha value is -0.930.